The number of hydrogen-bond acceptors (Lipinski definition) is 4. The molecule has 1 amide bonds. The molecule has 1 aromatic carbocycles. The Labute approximate surface area is 103 Å². The van der Waals surface area contributed by atoms with Gasteiger partial charge in [-0.2, -0.15) is 5.10 Å². The molecule has 0 aliphatic heterocycles. The number of para-hydroxylation sites is 1. The zero-order valence-electron chi connectivity index (χ0n) is 9.33. The SMILES string of the molecule is CSc1ccccc1NC(=O)Cn1cncn1. The van der Waals surface area contributed by atoms with E-state index in [4.69, 9.17) is 0 Å². The second-order valence-electron chi connectivity index (χ2n) is 3.34. The summed E-state index contributed by atoms with van der Waals surface area (Å²) in [6.45, 7) is 0.169. The molecule has 0 radical (unpaired) electrons. The largest absolute Gasteiger partial charge is 0.323 e. The standard InChI is InChI=1S/C11H12N4OS/c1-17-10-5-3-2-4-9(10)14-11(16)6-15-8-12-7-13-15/h2-5,7-8H,6H2,1H3,(H,14,16). The molecule has 1 aromatic heterocycles. The van der Waals surface area contributed by atoms with E-state index >= 15 is 0 Å². The maximum Gasteiger partial charge on any atom is 0.246 e. The molecule has 17 heavy (non-hydrogen) atoms. The molecule has 0 unspecified atom stereocenters. The summed E-state index contributed by atoms with van der Waals surface area (Å²) in [5.41, 5.74) is 0.824. The topological polar surface area (TPSA) is 59.8 Å². The first-order chi connectivity index (χ1) is 8.29. The van der Waals surface area contributed by atoms with E-state index in [9.17, 15) is 4.79 Å². The molecule has 0 saturated carbocycles. The minimum absolute atomic E-state index is 0.114. The molecule has 2 rings (SSSR count). The van der Waals surface area contributed by atoms with Crippen molar-refractivity contribution in [2.75, 3.05) is 11.6 Å². The monoisotopic (exact) mass is 248 g/mol. The Morgan fingerprint density at radius 2 is 2.29 bits per heavy atom. The van der Waals surface area contributed by atoms with Crippen LogP contribution in [0.15, 0.2) is 41.8 Å². The third kappa shape index (κ3) is 3.07. The average Bonchev–Trinajstić information content (AvgIpc) is 2.82. The van der Waals surface area contributed by atoms with E-state index in [-0.39, 0.29) is 12.5 Å². The number of hydrogen-bond donors (Lipinski definition) is 1. The van der Waals surface area contributed by atoms with E-state index in [1.165, 1.54) is 17.3 Å². The quantitative estimate of drug-likeness (QED) is 0.836. The first kappa shape index (κ1) is 11.7. The number of thioether (sulfide) groups is 1. The third-order valence-corrected chi connectivity index (χ3v) is 2.95. The predicted molar refractivity (Wildman–Crippen MR) is 66.9 cm³/mol. The summed E-state index contributed by atoms with van der Waals surface area (Å²) in [6, 6.07) is 7.69. The molecule has 0 aliphatic carbocycles. The van der Waals surface area contributed by atoms with Gasteiger partial charge in [0.25, 0.3) is 0 Å². The predicted octanol–water partition coefficient (Wildman–Crippen LogP) is 1.64. The molecule has 0 bridgehead atoms. The Bertz CT molecular complexity index is 498. The molecule has 0 saturated heterocycles. The summed E-state index contributed by atoms with van der Waals surface area (Å²) in [4.78, 5) is 16.6. The fraction of sp³-hybridized carbons (Fsp3) is 0.182. The summed E-state index contributed by atoms with van der Waals surface area (Å²) < 4.78 is 1.48. The van der Waals surface area contributed by atoms with Gasteiger partial charge in [-0.3, -0.25) is 4.79 Å². The number of nitrogens with one attached hydrogen (secondary N) is 1. The van der Waals surface area contributed by atoms with E-state index < -0.39 is 0 Å². The van der Waals surface area contributed by atoms with Gasteiger partial charge in [0.1, 0.15) is 19.2 Å². The molecule has 1 heterocycles. The highest BCUT2D eigenvalue weighted by Crippen LogP contribution is 2.24. The van der Waals surface area contributed by atoms with E-state index in [0.29, 0.717) is 0 Å². The van der Waals surface area contributed by atoms with Crippen LogP contribution in [0, 0.1) is 0 Å². The van der Waals surface area contributed by atoms with Gasteiger partial charge in [-0.15, -0.1) is 11.8 Å². The summed E-state index contributed by atoms with van der Waals surface area (Å²) in [5, 5.41) is 6.73. The van der Waals surface area contributed by atoms with Gasteiger partial charge < -0.3 is 5.32 Å². The Morgan fingerprint density at radius 1 is 1.47 bits per heavy atom. The van der Waals surface area contributed by atoms with Crippen LogP contribution in [0.2, 0.25) is 0 Å². The number of carbonyl (C=O) groups is 1. The molecule has 6 heteroatoms. The van der Waals surface area contributed by atoms with Gasteiger partial charge in [-0.1, -0.05) is 12.1 Å². The molecular formula is C11H12N4OS. The zero-order valence-corrected chi connectivity index (χ0v) is 10.1. The van der Waals surface area contributed by atoms with Gasteiger partial charge in [0, 0.05) is 4.90 Å². The molecule has 5 nitrogen and oxygen atoms in total. The summed E-state index contributed by atoms with van der Waals surface area (Å²) in [7, 11) is 0. The highest BCUT2D eigenvalue weighted by molar-refractivity contribution is 7.98. The lowest BCUT2D eigenvalue weighted by molar-refractivity contribution is -0.116. The van der Waals surface area contributed by atoms with Crippen LogP contribution in [0.25, 0.3) is 0 Å². The van der Waals surface area contributed by atoms with Crippen LogP contribution >= 0.6 is 11.8 Å². The van der Waals surface area contributed by atoms with Crippen LogP contribution in [0.3, 0.4) is 0 Å². The fourth-order valence-corrected chi connectivity index (χ4v) is 1.95. The second kappa shape index (κ2) is 5.49. The van der Waals surface area contributed by atoms with Gasteiger partial charge in [0.05, 0.1) is 5.69 Å². The van der Waals surface area contributed by atoms with Crippen molar-refractivity contribution in [2.45, 2.75) is 11.4 Å². The van der Waals surface area contributed by atoms with Crippen molar-refractivity contribution in [3.63, 3.8) is 0 Å². The van der Waals surface area contributed by atoms with Crippen LogP contribution in [-0.2, 0) is 11.3 Å². The van der Waals surface area contributed by atoms with Crippen LogP contribution in [0.4, 0.5) is 5.69 Å². The molecular weight excluding hydrogens is 236 g/mol. The number of anilines is 1. The highest BCUT2D eigenvalue weighted by atomic mass is 32.2. The van der Waals surface area contributed by atoms with E-state index in [2.05, 4.69) is 15.4 Å². The average molecular weight is 248 g/mol. The van der Waals surface area contributed by atoms with Crippen molar-refractivity contribution in [3.05, 3.63) is 36.9 Å². The van der Waals surface area contributed by atoms with E-state index in [1.807, 2.05) is 30.5 Å². The second-order valence-corrected chi connectivity index (χ2v) is 4.19. The Hall–Kier alpha value is -1.82. The van der Waals surface area contributed by atoms with E-state index in [1.54, 1.807) is 11.8 Å². The lowest BCUT2D eigenvalue weighted by Crippen LogP contribution is -2.19. The highest BCUT2D eigenvalue weighted by Gasteiger charge is 2.06. The lowest BCUT2D eigenvalue weighted by Gasteiger charge is -2.08. The molecule has 1 N–H and O–H groups in total. The Balaban J connectivity index is 2.03. The number of nitrogens with zero attached hydrogens (tertiary/aromatic N) is 3. The number of benzene rings is 1. The number of aromatic nitrogens is 3. The van der Waals surface area contributed by atoms with Crippen LogP contribution < -0.4 is 5.32 Å². The van der Waals surface area contributed by atoms with Crippen molar-refractivity contribution in [1.29, 1.82) is 0 Å². The molecule has 0 spiro atoms. The minimum atomic E-state index is -0.114. The minimum Gasteiger partial charge on any atom is -0.323 e. The van der Waals surface area contributed by atoms with Crippen molar-refractivity contribution in [3.8, 4) is 0 Å². The van der Waals surface area contributed by atoms with Crippen LogP contribution in [0.1, 0.15) is 0 Å². The summed E-state index contributed by atoms with van der Waals surface area (Å²) in [5.74, 6) is -0.114. The van der Waals surface area contributed by atoms with Crippen molar-refractivity contribution >= 4 is 23.4 Å². The van der Waals surface area contributed by atoms with E-state index in [0.717, 1.165) is 10.6 Å². The number of amides is 1. The van der Waals surface area contributed by atoms with Crippen LogP contribution in [0.5, 0.6) is 0 Å². The fourth-order valence-electron chi connectivity index (χ4n) is 1.40. The van der Waals surface area contributed by atoms with Crippen molar-refractivity contribution < 1.29 is 4.79 Å². The van der Waals surface area contributed by atoms with Gasteiger partial charge in [0.15, 0.2) is 0 Å². The smallest absolute Gasteiger partial charge is 0.246 e. The summed E-state index contributed by atoms with van der Waals surface area (Å²) >= 11 is 1.60. The molecule has 0 atom stereocenters. The molecule has 2 aromatic rings. The van der Waals surface area contributed by atoms with Gasteiger partial charge in [-0.25, -0.2) is 9.67 Å². The van der Waals surface area contributed by atoms with Crippen molar-refractivity contribution in [2.24, 2.45) is 0 Å². The van der Waals surface area contributed by atoms with Crippen LogP contribution in [-0.4, -0.2) is 26.9 Å². The van der Waals surface area contributed by atoms with Gasteiger partial charge in [0.2, 0.25) is 5.91 Å². The first-order valence-corrected chi connectivity index (χ1v) is 6.27. The lowest BCUT2D eigenvalue weighted by atomic mass is 10.3. The number of rotatable bonds is 4. The third-order valence-electron chi connectivity index (χ3n) is 2.15. The van der Waals surface area contributed by atoms with Crippen molar-refractivity contribution in [1.82, 2.24) is 14.8 Å². The molecule has 88 valence electrons. The normalized spacial score (nSPS) is 10.2. The first-order valence-electron chi connectivity index (χ1n) is 5.05. The molecule has 0 fully saturated rings. The Kier molecular flexibility index (Phi) is 3.77. The maximum absolute atomic E-state index is 11.7. The zero-order chi connectivity index (χ0) is 12.1. The number of carbonyl (C=O) groups excluding carboxylic acids is 1. The van der Waals surface area contributed by atoms with Gasteiger partial charge in [-0.05, 0) is 18.4 Å². The summed E-state index contributed by atoms with van der Waals surface area (Å²) in [6.07, 6.45) is 4.89. The van der Waals surface area contributed by atoms with Gasteiger partial charge >= 0.3 is 0 Å². The molecule has 0 aliphatic rings. The maximum atomic E-state index is 11.7. The Morgan fingerprint density at radius 3 is 3.00 bits per heavy atom.